The molecule has 1 aromatic rings. The van der Waals surface area contributed by atoms with Gasteiger partial charge < -0.3 is 4.74 Å². The average molecular weight is 209 g/mol. The number of carbonyl (C=O) groups excluding carboxylic acids is 1. The Labute approximate surface area is 86.8 Å². The number of nitro groups is 1. The maximum absolute atomic E-state index is 11.3. The first kappa shape index (κ1) is 11.2. The van der Waals surface area contributed by atoms with Crippen molar-refractivity contribution in [2.75, 3.05) is 7.11 Å². The highest BCUT2D eigenvalue weighted by atomic mass is 16.6. The van der Waals surface area contributed by atoms with Crippen molar-refractivity contribution in [3.63, 3.8) is 0 Å². The lowest BCUT2D eigenvalue weighted by Gasteiger charge is -2.07. The molecule has 0 fully saturated rings. The number of Topliss-reactive ketones (excluding diaryl/α,β-unsaturated/α-hetero) is 1. The van der Waals surface area contributed by atoms with E-state index in [0.29, 0.717) is 5.56 Å². The zero-order chi connectivity index (χ0) is 11.6. The lowest BCUT2D eigenvalue weighted by atomic mass is 10.1. The van der Waals surface area contributed by atoms with Crippen molar-refractivity contribution in [1.82, 2.24) is 0 Å². The molecule has 0 atom stereocenters. The molecular formula is C10H11NO4. The smallest absolute Gasteiger partial charge is 0.284 e. The van der Waals surface area contributed by atoms with Gasteiger partial charge in [-0.15, -0.1) is 0 Å². The molecule has 0 aromatic heterocycles. The summed E-state index contributed by atoms with van der Waals surface area (Å²) in [4.78, 5) is 21.4. The lowest BCUT2D eigenvalue weighted by molar-refractivity contribution is -0.385. The van der Waals surface area contributed by atoms with Crippen molar-refractivity contribution < 1.29 is 14.5 Å². The molecule has 80 valence electrons. The Kier molecular flexibility index (Phi) is 3.04. The molecule has 0 aliphatic carbocycles. The average Bonchev–Trinajstić information content (AvgIpc) is 2.15. The highest BCUT2D eigenvalue weighted by Crippen LogP contribution is 2.30. The Bertz CT molecular complexity index is 426. The number of hydrogen-bond acceptors (Lipinski definition) is 4. The number of methoxy groups -OCH3 is 1. The highest BCUT2D eigenvalue weighted by molar-refractivity contribution is 6.01. The number of hydrogen-bond donors (Lipinski definition) is 0. The van der Waals surface area contributed by atoms with Crippen molar-refractivity contribution in [3.8, 4) is 5.75 Å². The van der Waals surface area contributed by atoms with Crippen molar-refractivity contribution in [2.24, 2.45) is 0 Å². The third-order valence-electron chi connectivity index (χ3n) is 1.99. The summed E-state index contributed by atoms with van der Waals surface area (Å²) in [6.07, 6.45) is 0. The van der Waals surface area contributed by atoms with Crippen LogP contribution in [0.3, 0.4) is 0 Å². The van der Waals surface area contributed by atoms with E-state index < -0.39 is 4.92 Å². The number of ether oxygens (including phenoxy) is 1. The van der Waals surface area contributed by atoms with Gasteiger partial charge >= 0.3 is 0 Å². The van der Waals surface area contributed by atoms with Gasteiger partial charge in [0.1, 0.15) is 11.3 Å². The number of carbonyl (C=O) groups is 1. The van der Waals surface area contributed by atoms with E-state index in [4.69, 9.17) is 4.74 Å². The number of aryl methyl sites for hydroxylation is 1. The molecule has 0 unspecified atom stereocenters. The van der Waals surface area contributed by atoms with Gasteiger partial charge in [0.05, 0.1) is 12.0 Å². The molecular weight excluding hydrogens is 198 g/mol. The third-order valence-corrected chi connectivity index (χ3v) is 1.99. The Hall–Kier alpha value is -1.91. The van der Waals surface area contributed by atoms with Crippen LogP contribution in [-0.4, -0.2) is 17.8 Å². The lowest BCUT2D eigenvalue weighted by Crippen LogP contribution is -2.04. The molecule has 0 radical (unpaired) electrons. The SMILES string of the molecule is COc1cc(C)cc([N+](=O)[O-])c1C(C)=O. The molecule has 5 heteroatoms. The molecule has 0 N–H and O–H groups in total. The largest absolute Gasteiger partial charge is 0.496 e. The van der Waals surface area contributed by atoms with Gasteiger partial charge in [0.15, 0.2) is 5.78 Å². The van der Waals surface area contributed by atoms with Crippen LogP contribution in [0.2, 0.25) is 0 Å². The molecule has 0 aliphatic rings. The van der Waals surface area contributed by atoms with Crippen molar-refractivity contribution in [3.05, 3.63) is 33.4 Å². The molecule has 0 aliphatic heterocycles. The summed E-state index contributed by atoms with van der Waals surface area (Å²) in [5.74, 6) is -0.132. The van der Waals surface area contributed by atoms with E-state index in [9.17, 15) is 14.9 Å². The summed E-state index contributed by atoms with van der Waals surface area (Å²) >= 11 is 0. The Balaban J connectivity index is 3.54. The molecule has 0 bridgehead atoms. The van der Waals surface area contributed by atoms with E-state index in [1.54, 1.807) is 13.0 Å². The quantitative estimate of drug-likeness (QED) is 0.434. The van der Waals surface area contributed by atoms with Crippen LogP contribution in [0.5, 0.6) is 5.75 Å². The van der Waals surface area contributed by atoms with E-state index in [-0.39, 0.29) is 22.8 Å². The summed E-state index contributed by atoms with van der Waals surface area (Å²) in [7, 11) is 1.38. The molecule has 0 saturated heterocycles. The van der Waals surface area contributed by atoms with Crippen LogP contribution in [0.1, 0.15) is 22.8 Å². The van der Waals surface area contributed by atoms with E-state index in [1.165, 1.54) is 20.1 Å². The van der Waals surface area contributed by atoms with Crippen molar-refractivity contribution in [2.45, 2.75) is 13.8 Å². The fourth-order valence-corrected chi connectivity index (χ4v) is 1.39. The van der Waals surface area contributed by atoms with Gasteiger partial charge in [0.25, 0.3) is 5.69 Å². The second-order valence-electron chi connectivity index (χ2n) is 3.17. The molecule has 0 spiro atoms. The van der Waals surface area contributed by atoms with Gasteiger partial charge in [-0.3, -0.25) is 14.9 Å². The van der Waals surface area contributed by atoms with Gasteiger partial charge in [-0.05, 0) is 25.5 Å². The first-order chi connectivity index (χ1) is 6.97. The second kappa shape index (κ2) is 4.08. The van der Waals surface area contributed by atoms with Gasteiger partial charge in [-0.1, -0.05) is 0 Å². The summed E-state index contributed by atoms with van der Waals surface area (Å²) < 4.78 is 4.95. The fourth-order valence-electron chi connectivity index (χ4n) is 1.39. The van der Waals surface area contributed by atoms with Crippen LogP contribution < -0.4 is 4.74 Å². The molecule has 0 amide bonds. The van der Waals surface area contributed by atoms with Crippen LogP contribution in [0, 0.1) is 17.0 Å². The predicted octanol–water partition coefficient (Wildman–Crippen LogP) is 2.11. The summed E-state index contributed by atoms with van der Waals surface area (Å²) in [5.41, 5.74) is 0.496. The minimum atomic E-state index is -0.577. The Morgan fingerprint density at radius 2 is 2.07 bits per heavy atom. The molecule has 15 heavy (non-hydrogen) atoms. The van der Waals surface area contributed by atoms with E-state index >= 15 is 0 Å². The van der Waals surface area contributed by atoms with E-state index in [1.807, 2.05) is 0 Å². The summed E-state index contributed by atoms with van der Waals surface area (Å²) in [6, 6.07) is 2.96. The molecule has 0 heterocycles. The minimum Gasteiger partial charge on any atom is -0.496 e. The fraction of sp³-hybridized carbons (Fsp3) is 0.300. The Morgan fingerprint density at radius 1 is 1.47 bits per heavy atom. The van der Waals surface area contributed by atoms with Crippen LogP contribution in [0.4, 0.5) is 5.69 Å². The van der Waals surface area contributed by atoms with Crippen LogP contribution in [-0.2, 0) is 0 Å². The minimum absolute atomic E-state index is 0.0214. The highest BCUT2D eigenvalue weighted by Gasteiger charge is 2.22. The van der Waals surface area contributed by atoms with Crippen molar-refractivity contribution in [1.29, 1.82) is 0 Å². The number of nitrogens with zero attached hydrogens (tertiary/aromatic N) is 1. The van der Waals surface area contributed by atoms with E-state index in [0.717, 1.165) is 0 Å². The second-order valence-corrected chi connectivity index (χ2v) is 3.17. The van der Waals surface area contributed by atoms with Gasteiger partial charge in [-0.25, -0.2) is 0 Å². The summed E-state index contributed by atoms with van der Waals surface area (Å²) in [5, 5.41) is 10.7. The van der Waals surface area contributed by atoms with Crippen LogP contribution >= 0.6 is 0 Å². The van der Waals surface area contributed by atoms with Crippen molar-refractivity contribution >= 4 is 11.5 Å². The molecule has 5 nitrogen and oxygen atoms in total. The predicted molar refractivity (Wildman–Crippen MR) is 54.4 cm³/mol. The van der Waals surface area contributed by atoms with Crippen LogP contribution in [0.15, 0.2) is 12.1 Å². The van der Waals surface area contributed by atoms with Gasteiger partial charge in [0, 0.05) is 6.07 Å². The van der Waals surface area contributed by atoms with E-state index in [2.05, 4.69) is 0 Å². The monoisotopic (exact) mass is 209 g/mol. The number of nitro benzene ring substituents is 1. The number of benzene rings is 1. The zero-order valence-corrected chi connectivity index (χ0v) is 8.73. The number of rotatable bonds is 3. The van der Waals surface area contributed by atoms with Crippen LogP contribution in [0.25, 0.3) is 0 Å². The maximum Gasteiger partial charge on any atom is 0.284 e. The molecule has 1 aromatic carbocycles. The van der Waals surface area contributed by atoms with Gasteiger partial charge in [0.2, 0.25) is 0 Å². The number of ketones is 1. The maximum atomic E-state index is 11.3. The Morgan fingerprint density at radius 3 is 2.47 bits per heavy atom. The summed E-state index contributed by atoms with van der Waals surface area (Å²) in [6.45, 7) is 2.99. The normalized spacial score (nSPS) is 9.80. The molecule has 1 rings (SSSR count). The topological polar surface area (TPSA) is 69.4 Å². The molecule has 0 saturated carbocycles. The first-order valence-corrected chi connectivity index (χ1v) is 4.31. The third kappa shape index (κ3) is 2.12. The first-order valence-electron chi connectivity index (χ1n) is 4.31. The zero-order valence-electron chi connectivity index (χ0n) is 8.73. The standard InChI is InChI=1S/C10H11NO4/c1-6-4-8(11(13)14)10(7(2)12)9(5-6)15-3/h4-5H,1-3H3. The van der Waals surface area contributed by atoms with Gasteiger partial charge in [-0.2, -0.15) is 0 Å².